The summed E-state index contributed by atoms with van der Waals surface area (Å²) < 4.78 is 14.8. The third-order valence-corrected chi connectivity index (χ3v) is 8.79. The Labute approximate surface area is 178 Å². The Balaban J connectivity index is 5.00. The largest absolute Gasteiger partial charge is 0.461 e. The van der Waals surface area contributed by atoms with Gasteiger partial charge in [0, 0.05) is 6.54 Å². The van der Waals surface area contributed by atoms with Gasteiger partial charge in [-0.2, -0.15) is 0 Å². The summed E-state index contributed by atoms with van der Waals surface area (Å²) in [5.41, 5.74) is -0.622. The molecule has 0 aromatic rings. The normalized spacial score (nSPS) is 14.5. The summed E-state index contributed by atoms with van der Waals surface area (Å²) in [7, 11) is -2.19. The number of esters is 1. The SMILES string of the molecule is CC(C)(C)OC(=O)NC[C@@H](CC(=O)OCC(Cl)(Cl)Cl)O[Si](C)(C)C(C)(C)C. The predicted octanol–water partition coefficient (Wildman–Crippen LogP) is 5.21. The second-order valence-corrected chi connectivity index (χ2v) is 16.1. The number of nitrogens with one attached hydrogen (secondary N) is 1. The Bertz CT molecular complexity index is 510. The number of ether oxygens (including phenoxy) is 2. The molecule has 0 spiro atoms. The van der Waals surface area contributed by atoms with Crippen molar-refractivity contribution in [1.82, 2.24) is 5.32 Å². The number of hydrogen-bond donors (Lipinski definition) is 1. The van der Waals surface area contributed by atoms with Crippen LogP contribution < -0.4 is 5.32 Å². The van der Waals surface area contributed by atoms with E-state index in [4.69, 9.17) is 48.7 Å². The molecule has 0 fully saturated rings. The fraction of sp³-hybridized carbons (Fsp3) is 0.882. The second-order valence-electron chi connectivity index (χ2n) is 8.86. The molecule has 1 atom stereocenters. The van der Waals surface area contributed by atoms with Crippen molar-refractivity contribution >= 4 is 55.2 Å². The van der Waals surface area contributed by atoms with Gasteiger partial charge in [0.25, 0.3) is 0 Å². The minimum Gasteiger partial charge on any atom is -0.461 e. The zero-order chi connectivity index (χ0) is 21.7. The summed E-state index contributed by atoms with van der Waals surface area (Å²) in [4.78, 5) is 24.0. The van der Waals surface area contributed by atoms with Gasteiger partial charge in [0.05, 0.1) is 12.5 Å². The molecule has 0 unspecified atom stereocenters. The van der Waals surface area contributed by atoms with Crippen molar-refractivity contribution in [3.63, 3.8) is 0 Å². The first-order valence-electron chi connectivity index (χ1n) is 8.69. The van der Waals surface area contributed by atoms with Gasteiger partial charge in [-0.25, -0.2) is 4.79 Å². The second kappa shape index (κ2) is 10.0. The summed E-state index contributed by atoms with van der Waals surface area (Å²) >= 11 is 16.8. The smallest absolute Gasteiger partial charge is 0.407 e. The third kappa shape index (κ3) is 12.8. The first-order chi connectivity index (χ1) is 11.8. The average molecular weight is 465 g/mol. The summed E-state index contributed by atoms with van der Waals surface area (Å²) in [5, 5.41) is 2.57. The quantitative estimate of drug-likeness (QED) is 0.318. The molecule has 0 rings (SSSR count). The van der Waals surface area contributed by atoms with Crippen molar-refractivity contribution in [1.29, 1.82) is 0 Å². The standard InChI is InChI=1S/C17H32Cl3NO5Si/c1-15(2,3)25-14(23)21-10-12(26-27(7,8)16(4,5)6)9-13(22)24-11-17(18,19)20/h12H,9-11H2,1-8H3,(H,21,23)/t12-/m1/s1. The molecule has 0 saturated heterocycles. The number of hydrogen-bond acceptors (Lipinski definition) is 5. The maximum Gasteiger partial charge on any atom is 0.407 e. The fourth-order valence-corrected chi connectivity index (χ4v) is 3.18. The Morgan fingerprint density at radius 3 is 1.96 bits per heavy atom. The number of carbonyl (C=O) groups excluding carboxylic acids is 2. The molecule has 160 valence electrons. The van der Waals surface area contributed by atoms with E-state index in [2.05, 4.69) is 39.2 Å². The highest BCUT2D eigenvalue weighted by molar-refractivity contribution is 6.74. The predicted molar refractivity (Wildman–Crippen MR) is 112 cm³/mol. The Kier molecular flexibility index (Phi) is 9.93. The highest BCUT2D eigenvalue weighted by Gasteiger charge is 2.40. The highest BCUT2D eigenvalue weighted by Crippen LogP contribution is 2.37. The zero-order valence-electron chi connectivity index (χ0n) is 17.4. The maximum absolute atomic E-state index is 12.1. The molecular formula is C17H32Cl3NO5Si. The highest BCUT2D eigenvalue weighted by atomic mass is 35.6. The van der Waals surface area contributed by atoms with Crippen molar-refractivity contribution in [3.05, 3.63) is 0 Å². The van der Waals surface area contributed by atoms with Crippen molar-refractivity contribution in [3.8, 4) is 0 Å². The van der Waals surface area contributed by atoms with Crippen molar-refractivity contribution in [2.24, 2.45) is 0 Å². The molecule has 0 aromatic heterocycles. The van der Waals surface area contributed by atoms with Crippen LogP contribution in [0.4, 0.5) is 4.79 Å². The zero-order valence-corrected chi connectivity index (χ0v) is 20.6. The minimum atomic E-state index is -2.19. The lowest BCUT2D eigenvalue weighted by atomic mass is 10.2. The Morgan fingerprint density at radius 2 is 1.56 bits per heavy atom. The van der Waals surface area contributed by atoms with Crippen LogP contribution in [0.5, 0.6) is 0 Å². The van der Waals surface area contributed by atoms with E-state index in [0.717, 1.165) is 0 Å². The van der Waals surface area contributed by atoms with Gasteiger partial charge >= 0.3 is 12.1 Å². The number of alkyl carbamates (subject to hydrolysis) is 1. The molecule has 0 radical (unpaired) electrons. The van der Waals surface area contributed by atoms with Gasteiger partial charge in [-0.15, -0.1) is 0 Å². The molecule has 0 aliphatic heterocycles. The molecule has 0 saturated carbocycles. The molecule has 27 heavy (non-hydrogen) atoms. The molecule has 6 nitrogen and oxygen atoms in total. The van der Waals surface area contributed by atoms with Crippen LogP contribution in [0.25, 0.3) is 0 Å². The van der Waals surface area contributed by atoms with E-state index in [9.17, 15) is 9.59 Å². The summed E-state index contributed by atoms with van der Waals surface area (Å²) in [6, 6.07) is 0. The molecule has 0 aromatic carbocycles. The van der Waals surface area contributed by atoms with Crippen LogP contribution in [0.15, 0.2) is 0 Å². The number of halogens is 3. The van der Waals surface area contributed by atoms with E-state index in [1.807, 2.05) is 0 Å². The van der Waals surface area contributed by atoms with Crippen molar-refractivity contribution < 1.29 is 23.5 Å². The molecule has 0 bridgehead atoms. The van der Waals surface area contributed by atoms with Gasteiger partial charge in [-0.3, -0.25) is 4.79 Å². The Hall–Kier alpha value is -0.213. The average Bonchev–Trinajstić information content (AvgIpc) is 2.38. The number of amides is 1. The number of carbonyl (C=O) groups is 2. The molecule has 0 heterocycles. The van der Waals surface area contributed by atoms with E-state index in [0.29, 0.717) is 0 Å². The molecule has 0 aliphatic carbocycles. The van der Waals surface area contributed by atoms with Gasteiger partial charge in [0.15, 0.2) is 8.32 Å². The van der Waals surface area contributed by atoms with Crippen LogP contribution >= 0.6 is 34.8 Å². The van der Waals surface area contributed by atoms with E-state index in [1.165, 1.54) is 0 Å². The molecule has 0 aliphatic rings. The van der Waals surface area contributed by atoms with Crippen LogP contribution in [-0.4, -0.2) is 49.0 Å². The van der Waals surface area contributed by atoms with Crippen molar-refractivity contribution in [2.75, 3.05) is 13.2 Å². The van der Waals surface area contributed by atoms with Gasteiger partial charge < -0.3 is 19.2 Å². The lowest BCUT2D eigenvalue weighted by Gasteiger charge is -2.39. The lowest BCUT2D eigenvalue weighted by molar-refractivity contribution is -0.145. The van der Waals surface area contributed by atoms with Crippen molar-refractivity contribution in [2.45, 2.75) is 81.6 Å². The molecular weight excluding hydrogens is 433 g/mol. The molecule has 1 amide bonds. The minimum absolute atomic E-state index is 0.0708. The maximum atomic E-state index is 12.1. The van der Waals surface area contributed by atoms with Gasteiger partial charge in [-0.05, 0) is 38.9 Å². The monoisotopic (exact) mass is 463 g/mol. The van der Waals surface area contributed by atoms with E-state index >= 15 is 0 Å². The van der Waals surface area contributed by atoms with Crippen LogP contribution in [-0.2, 0) is 18.7 Å². The first kappa shape index (κ1) is 26.8. The van der Waals surface area contributed by atoms with E-state index in [-0.39, 0.29) is 24.6 Å². The molecule has 1 N–H and O–H groups in total. The summed E-state index contributed by atoms with van der Waals surface area (Å²) in [6.07, 6.45) is -1.24. The van der Waals surface area contributed by atoms with Crippen LogP contribution in [0.1, 0.15) is 48.0 Å². The number of alkyl halides is 3. The number of rotatable bonds is 7. The fourth-order valence-electron chi connectivity index (χ4n) is 1.67. The first-order valence-corrected chi connectivity index (χ1v) is 12.7. The van der Waals surface area contributed by atoms with Crippen LogP contribution in [0.3, 0.4) is 0 Å². The lowest BCUT2D eigenvalue weighted by Crippen LogP contribution is -2.48. The summed E-state index contributed by atoms with van der Waals surface area (Å²) in [6.45, 7) is 15.4. The Morgan fingerprint density at radius 1 is 1.04 bits per heavy atom. The van der Waals surface area contributed by atoms with E-state index in [1.54, 1.807) is 20.8 Å². The third-order valence-electron chi connectivity index (χ3n) is 3.93. The van der Waals surface area contributed by atoms with E-state index < -0.39 is 35.9 Å². The summed E-state index contributed by atoms with van der Waals surface area (Å²) in [5.74, 6) is -0.573. The van der Waals surface area contributed by atoms with Gasteiger partial charge in [0.2, 0.25) is 3.79 Å². The topological polar surface area (TPSA) is 73.9 Å². The van der Waals surface area contributed by atoms with Crippen LogP contribution in [0, 0.1) is 0 Å². The molecule has 10 heteroatoms. The van der Waals surface area contributed by atoms with Gasteiger partial charge in [-0.1, -0.05) is 55.6 Å². The van der Waals surface area contributed by atoms with Gasteiger partial charge in [0.1, 0.15) is 12.2 Å². The van der Waals surface area contributed by atoms with Crippen LogP contribution in [0.2, 0.25) is 18.1 Å².